The number of carbonyl (C=O) groups is 1. The van der Waals surface area contributed by atoms with Crippen molar-refractivity contribution in [3.05, 3.63) is 17.5 Å². The lowest BCUT2D eigenvalue weighted by atomic mass is 10.3. The van der Waals surface area contributed by atoms with E-state index in [1.54, 1.807) is 0 Å². The van der Waals surface area contributed by atoms with Gasteiger partial charge in [-0.1, -0.05) is 0 Å². The van der Waals surface area contributed by atoms with Crippen LogP contribution in [0.15, 0.2) is 6.07 Å². The van der Waals surface area contributed by atoms with Crippen molar-refractivity contribution in [2.24, 2.45) is 11.7 Å². The van der Waals surface area contributed by atoms with Crippen molar-refractivity contribution >= 4 is 5.91 Å². The molecule has 2 rings (SSSR count). The number of alkyl halides is 3. The molecule has 1 aromatic rings. The van der Waals surface area contributed by atoms with E-state index in [1.807, 2.05) is 0 Å². The maximum atomic E-state index is 12.4. The largest absolute Gasteiger partial charge is 0.435 e. The summed E-state index contributed by atoms with van der Waals surface area (Å²) in [5.41, 5.74) is 3.75. The van der Waals surface area contributed by atoms with Crippen LogP contribution in [0, 0.1) is 5.92 Å². The summed E-state index contributed by atoms with van der Waals surface area (Å²) in [6.07, 6.45) is -2.63. The van der Waals surface area contributed by atoms with Crippen LogP contribution in [-0.4, -0.2) is 15.7 Å². The van der Waals surface area contributed by atoms with Crippen LogP contribution in [0.1, 0.15) is 29.0 Å². The van der Waals surface area contributed by atoms with Gasteiger partial charge in [0.05, 0.1) is 0 Å². The molecule has 88 valence electrons. The predicted octanol–water partition coefficient (Wildman–Crippen LogP) is 1.41. The van der Waals surface area contributed by atoms with E-state index in [1.165, 1.54) is 0 Å². The Balaban J connectivity index is 2.32. The van der Waals surface area contributed by atoms with E-state index >= 15 is 0 Å². The smallest absolute Gasteiger partial charge is 0.364 e. The number of nitrogens with zero attached hydrogens (tertiary/aromatic N) is 2. The van der Waals surface area contributed by atoms with Gasteiger partial charge in [0.1, 0.15) is 5.69 Å². The second-order valence-corrected chi connectivity index (χ2v) is 3.90. The van der Waals surface area contributed by atoms with Gasteiger partial charge in [0, 0.05) is 12.6 Å². The Bertz CT molecular complexity index is 420. The molecule has 0 spiro atoms. The predicted molar refractivity (Wildman–Crippen MR) is 48.5 cm³/mol. The van der Waals surface area contributed by atoms with Crippen molar-refractivity contribution in [3.63, 3.8) is 0 Å². The first kappa shape index (κ1) is 11.0. The molecule has 1 saturated carbocycles. The maximum absolute atomic E-state index is 12.4. The second kappa shape index (κ2) is 3.50. The van der Waals surface area contributed by atoms with Gasteiger partial charge in [-0.15, -0.1) is 0 Å². The number of halogens is 3. The number of hydrogen-bond donors (Lipinski definition) is 1. The Morgan fingerprint density at radius 1 is 1.56 bits per heavy atom. The number of primary amides is 1. The van der Waals surface area contributed by atoms with E-state index in [9.17, 15) is 18.0 Å². The van der Waals surface area contributed by atoms with Crippen molar-refractivity contribution < 1.29 is 18.0 Å². The van der Waals surface area contributed by atoms with Gasteiger partial charge in [0.25, 0.3) is 5.91 Å². The van der Waals surface area contributed by atoms with Crippen LogP contribution in [0.3, 0.4) is 0 Å². The Morgan fingerprint density at radius 2 is 2.19 bits per heavy atom. The molecular formula is C9H10F3N3O. The molecule has 4 nitrogen and oxygen atoms in total. The summed E-state index contributed by atoms with van der Waals surface area (Å²) in [5, 5.41) is 3.37. The zero-order valence-corrected chi connectivity index (χ0v) is 8.29. The molecular weight excluding hydrogens is 223 g/mol. The topological polar surface area (TPSA) is 60.9 Å². The number of rotatable bonds is 3. The van der Waals surface area contributed by atoms with Crippen LogP contribution >= 0.6 is 0 Å². The molecule has 1 aromatic heterocycles. The summed E-state index contributed by atoms with van der Waals surface area (Å²) in [6.45, 7) is 0.328. The maximum Gasteiger partial charge on any atom is 0.435 e. The van der Waals surface area contributed by atoms with Gasteiger partial charge in [-0.3, -0.25) is 9.48 Å². The Labute approximate surface area is 89.2 Å². The summed E-state index contributed by atoms with van der Waals surface area (Å²) in [5.74, 6) is -0.567. The van der Waals surface area contributed by atoms with Gasteiger partial charge in [-0.05, 0) is 18.8 Å². The average molecular weight is 233 g/mol. The van der Waals surface area contributed by atoms with Crippen molar-refractivity contribution in [2.75, 3.05) is 0 Å². The molecule has 1 fully saturated rings. The molecule has 1 aliphatic rings. The first-order valence-electron chi connectivity index (χ1n) is 4.83. The van der Waals surface area contributed by atoms with E-state index in [4.69, 9.17) is 5.73 Å². The number of amides is 1. The van der Waals surface area contributed by atoms with Crippen LogP contribution < -0.4 is 5.73 Å². The van der Waals surface area contributed by atoms with Gasteiger partial charge >= 0.3 is 6.18 Å². The minimum atomic E-state index is -4.54. The minimum Gasteiger partial charge on any atom is -0.364 e. The second-order valence-electron chi connectivity index (χ2n) is 3.90. The van der Waals surface area contributed by atoms with E-state index < -0.39 is 17.8 Å². The number of carbonyl (C=O) groups excluding carboxylic acids is 1. The molecule has 0 aromatic carbocycles. The summed E-state index contributed by atoms with van der Waals surface area (Å²) in [4.78, 5) is 11.0. The van der Waals surface area contributed by atoms with Gasteiger partial charge in [-0.25, -0.2) is 0 Å². The van der Waals surface area contributed by atoms with E-state index in [-0.39, 0.29) is 5.69 Å². The highest BCUT2D eigenvalue weighted by molar-refractivity contribution is 5.91. The minimum absolute atomic E-state index is 0.181. The molecule has 0 saturated heterocycles. The normalized spacial score (nSPS) is 16.4. The lowest BCUT2D eigenvalue weighted by molar-refractivity contribution is -0.141. The number of hydrogen-bond acceptors (Lipinski definition) is 2. The van der Waals surface area contributed by atoms with Crippen molar-refractivity contribution in [1.82, 2.24) is 9.78 Å². The van der Waals surface area contributed by atoms with E-state index in [0.29, 0.717) is 18.5 Å². The standard InChI is InChI=1S/C9H10F3N3O/c10-9(11,12)7-3-6(8(13)16)15(14-7)4-5-1-2-5/h3,5H,1-2,4H2,(H2,13,16). The Hall–Kier alpha value is -1.53. The van der Waals surface area contributed by atoms with Gasteiger partial charge < -0.3 is 5.73 Å². The highest BCUT2D eigenvalue weighted by Gasteiger charge is 2.36. The third-order valence-corrected chi connectivity index (χ3v) is 2.45. The third-order valence-electron chi connectivity index (χ3n) is 2.45. The van der Waals surface area contributed by atoms with Crippen molar-refractivity contribution in [1.29, 1.82) is 0 Å². The highest BCUT2D eigenvalue weighted by atomic mass is 19.4. The lowest BCUT2D eigenvalue weighted by Gasteiger charge is -2.03. The molecule has 0 aliphatic heterocycles. The molecule has 7 heteroatoms. The molecule has 1 heterocycles. The average Bonchev–Trinajstić information content (AvgIpc) is 2.80. The SMILES string of the molecule is NC(=O)c1cc(C(F)(F)F)nn1CC1CC1. The summed E-state index contributed by atoms with van der Waals surface area (Å²) >= 11 is 0. The molecule has 0 radical (unpaired) electrons. The summed E-state index contributed by atoms with van der Waals surface area (Å²) in [6, 6.07) is 0.699. The third kappa shape index (κ3) is 2.17. The zero-order chi connectivity index (χ0) is 11.9. The van der Waals surface area contributed by atoms with E-state index in [0.717, 1.165) is 17.5 Å². The van der Waals surface area contributed by atoms with Gasteiger partial charge in [-0.2, -0.15) is 18.3 Å². The van der Waals surface area contributed by atoms with Crippen LogP contribution in [0.5, 0.6) is 0 Å². The molecule has 1 aliphatic carbocycles. The molecule has 16 heavy (non-hydrogen) atoms. The fraction of sp³-hybridized carbons (Fsp3) is 0.556. The van der Waals surface area contributed by atoms with Crippen molar-refractivity contribution in [3.8, 4) is 0 Å². The van der Waals surface area contributed by atoms with Crippen LogP contribution in [-0.2, 0) is 12.7 Å². The number of aromatic nitrogens is 2. The molecule has 0 bridgehead atoms. The summed E-state index contributed by atoms with van der Waals surface area (Å²) < 4.78 is 38.2. The Kier molecular flexibility index (Phi) is 2.40. The lowest BCUT2D eigenvalue weighted by Crippen LogP contribution is -2.18. The monoisotopic (exact) mass is 233 g/mol. The number of nitrogens with two attached hydrogens (primary N) is 1. The Morgan fingerprint density at radius 3 is 2.62 bits per heavy atom. The van der Waals surface area contributed by atoms with Crippen molar-refractivity contribution in [2.45, 2.75) is 25.6 Å². The van der Waals surface area contributed by atoms with Gasteiger partial charge in [0.2, 0.25) is 0 Å². The van der Waals surface area contributed by atoms with Gasteiger partial charge in [0.15, 0.2) is 5.69 Å². The van der Waals surface area contributed by atoms with Crippen LogP contribution in [0.4, 0.5) is 13.2 Å². The molecule has 0 unspecified atom stereocenters. The van der Waals surface area contributed by atoms with Crippen LogP contribution in [0.2, 0.25) is 0 Å². The fourth-order valence-corrected chi connectivity index (χ4v) is 1.44. The quantitative estimate of drug-likeness (QED) is 0.858. The molecule has 0 atom stereocenters. The van der Waals surface area contributed by atoms with Crippen LogP contribution in [0.25, 0.3) is 0 Å². The highest BCUT2D eigenvalue weighted by Crippen LogP contribution is 2.33. The molecule has 2 N–H and O–H groups in total. The fourth-order valence-electron chi connectivity index (χ4n) is 1.44. The first-order chi connectivity index (χ1) is 7.38. The summed E-state index contributed by atoms with van der Waals surface area (Å²) in [7, 11) is 0. The zero-order valence-electron chi connectivity index (χ0n) is 8.29. The first-order valence-corrected chi connectivity index (χ1v) is 4.83. The molecule has 1 amide bonds. The van der Waals surface area contributed by atoms with E-state index in [2.05, 4.69) is 5.10 Å².